The van der Waals surface area contributed by atoms with Gasteiger partial charge in [-0.15, -0.1) is 0 Å². The molecule has 0 unspecified atom stereocenters. The zero-order valence-electron chi connectivity index (χ0n) is 9.15. The number of aromatic hydroxyl groups is 1. The van der Waals surface area contributed by atoms with Gasteiger partial charge in [0.1, 0.15) is 5.75 Å². The third-order valence-electron chi connectivity index (χ3n) is 2.31. The van der Waals surface area contributed by atoms with Crippen molar-refractivity contribution in [2.24, 2.45) is 0 Å². The molecule has 17 heavy (non-hydrogen) atoms. The Hall–Kier alpha value is -1.71. The molecule has 0 aliphatic rings. The van der Waals surface area contributed by atoms with Gasteiger partial charge in [0.05, 0.1) is 5.02 Å². The Bertz CT molecular complexity index is 488. The maximum absolute atomic E-state index is 9.28. The van der Waals surface area contributed by atoms with Crippen molar-refractivity contribution in [3.63, 3.8) is 0 Å². The summed E-state index contributed by atoms with van der Waals surface area (Å²) in [5.41, 5.74) is 8.14. The highest BCUT2D eigenvalue weighted by molar-refractivity contribution is 6.32. The van der Waals surface area contributed by atoms with Crippen molar-refractivity contribution in [1.82, 2.24) is 5.43 Å². The lowest BCUT2D eigenvalue weighted by Crippen LogP contribution is -2.20. The van der Waals surface area contributed by atoms with Crippen molar-refractivity contribution in [3.8, 4) is 5.75 Å². The normalized spacial score (nSPS) is 10.2. The van der Waals surface area contributed by atoms with Gasteiger partial charge in [-0.3, -0.25) is 0 Å². The molecule has 4 heteroatoms. The molecule has 0 aliphatic carbocycles. The lowest BCUT2D eigenvalue weighted by molar-refractivity contribution is 0.475. The van der Waals surface area contributed by atoms with Crippen molar-refractivity contribution < 1.29 is 5.11 Å². The first kappa shape index (κ1) is 11.8. The van der Waals surface area contributed by atoms with Gasteiger partial charge >= 0.3 is 0 Å². The zero-order valence-corrected chi connectivity index (χ0v) is 9.91. The molecule has 2 rings (SSSR count). The molecule has 0 saturated heterocycles. The van der Waals surface area contributed by atoms with Crippen LogP contribution in [0.2, 0.25) is 5.02 Å². The monoisotopic (exact) mass is 248 g/mol. The predicted molar refractivity (Wildman–Crippen MR) is 70.0 cm³/mol. The fraction of sp³-hybridized carbons (Fsp3) is 0.0769. The summed E-state index contributed by atoms with van der Waals surface area (Å²) in [5, 5.41) is 9.64. The van der Waals surface area contributed by atoms with E-state index in [-0.39, 0.29) is 5.75 Å². The van der Waals surface area contributed by atoms with Crippen LogP contribution in [0.4, 0.5) is 5.69 Å². The van der Waals surface area contributed by atoms with Gasteiger partial charge in [-0.2, -0.15) is 0 Å². The van der Waals surface area contributed by atoms with Gasteiger partial charge < -0.3 is 10.5 Å². The van der Waals surface area contributed by atoms with Gasteiger partial charge in [0.15, 0.2) is 0 Å². The molecule has 0 bridgehead atoms. The number of para-hydroxylation sites is 1. The van der Waals surface area contributed by atoms with Gasteiger partial charge in [0.25, 0.3) is 0 Å². The number of hydrogen-bond acceptors (Lipinski definition) is 3. The van der Waals surface area contributed by atoms with E-state index in [0.717, 1.165) is 11.3 Å². The second kappa shape index (κ2) is 5.57. The van der Waals surface area contributed by atoms with Crippen molar-refractivity contribution in [2.75, 3.05) is 5.43 Å². The van der Waals surface area contributed by atoms with Crippen LogP contribution < -0.4 is 10.9 Å². The van der Waals surface area contributed by atoms with Crippen molar-refractivity contribution in [3.05, 3.63) is 59.1 Å². The molecule has 2 aromatic carbocycles. The second-order valence-corrected chi connectivity index (χ2v) is 4.04. The molecule has 3 nitrogen and oxygen atoms in total. The fourth-order valence-electron chi connectivity index (χ4n) is 1.43. The highest BCUT2D eigenvalue weighted by atomic mass is 35.5. The maximum atomic E-state index is 9.28. The van der Waals surface area contributed by atoms with E-state index in [0.29, 0.717) is 11.6 Å². The number of rotatable bonds is 4. The summed E-state index contributed by atoms with van der Waals surface area (Å²) in [5.74, 6) is 0.103. The Morgan fingerprint density at radius 3 is 2.53 bits per heavy atom. The van der Waals surface area contributed by atoms with Crippen LogP contribution in [0.5, 0.6) is 5.75 Å². The van der Waals surface area contributed by atoms with Crippen molar-refractivity contribution in [2.45, 2.75) is 6.54 Å². The number of nitrogens with one attached hydrogen (secondary N) is 2. The van der Waals surface area contributed by atoms with E-state index in [1.807, 2.05) is 36.4 Å². The van der Waals surface area contributed by atoms with Gasteiger partial charge in [0.2, 0.25) is 0 Å². The third kappa shape index (κ3) is 3.37. The number of phenolic OH excluding ortho intramolecular Hbond substituents is 1. The number of anilines is 1. The minimum Gasteiger partial charge on any atom is -0.506 e. The molecule has 0 atom stereocenters. The Kier molecular flexibility index (Phi) is 3.85. The average Bonchev–Trinajstić information content (AvgIpc) is 2.35. The van der Waals surface area contributed by atoms with Gasteiger partial charge in [0, 0.05) is 12.2 Å². The summed E-state index contributed by atoms with van der Waals surface area (Å²) in [6, 6.07) is 15.0. The minimum absolute atomic E-state index is 0.103. The van der Waals surface area contributed by atoms with Crippen molar-refractivity contribution >= 4 is 17.3 Å². The second-order valence-electron chi connectivity index (χ2n) is 3.63. The maximum Gasteiger partial charge on any atom is 0.134 e. The quantitative estimate of drug-likeness (QED) is 0.729. The first-order valence-electron chi connectivity index (χ1n) is 5.27. The lowest BCUT2D eigenvalue weighted by atomic mass is 10.2. The summed E-state index contributed by atoms with van der Waals surface area (Å²) in [4.78, 5) is 0. The Morgan fingerprint density at radius 2 is 1.82 bits per heavy atom. The van der Waals surface area contributed by atoms with Crippen LogP contribution in [-0.2, 0) is 6.54 Å². The molecule has 0 heterocycles. The summed E-state index contributed by atoms with van der Waals surface area (Å²) < 4.78 is 0. The molecule has 2 aromatic rings. The third-order valence-corrected chi connectivity index (χ3v) is 2.61. The van der Waals surface area contributed by atoms with Crippen molar-refractivity contribution in [1.29, 1.82) is 0 Å². The number of benzene rings is 2. The van der Waals surface area contributed by atoms with Crippen LogP contribution in [0.1, 0.15) is 5.56 Å². The average molecular weight is 249 g/mol. The van der Waals surface area contributed by atoms with Gasteiger partial charge in [-0.05, 0) is 29.8 Å². The van der Waals surface area contributed by atoms with Crippen LogP contribution in [0.25, 0.3) is 0 Å². The van der Waals surface area contributed by atoms with E-state index >= 15 is 0 Å². The van der Waals surface area contributed by atoms with E-state index in [1.165, 1.54) is 0 Å². The summed E-state index contributed by atoms with van der Waals surface area (Å²) in [6.45, 7) is 0.620. The Labute approximate surface area is 105 Å². The molecule has 0 aromatic heterocycles. The molecular formula is C13H13ClN2O. The van der Waals surface area contributed by atoms with Crippen LogP contribution in [-0.4, -0.2) is 5.11 Å². The number of hydrazine groups is 1. The summed E-state index contributed by atoms with van der Waals surface area (Å²) in [6.07, 6.45) is 0. The molecule has 3 N–H and O–H groups in total. The number of halogens is 1. The molecule has 0 aliphatic heterocycles. The molecule has 0 amide bonds. The van der Waals surface area contributed by atoms with E-state index < -0.39 is 0 Å². The first-order valence-corrected chi connectivity index (χ1v) is 5.65. The first-order chi connectivity index (χ1) is 8.25. The fourth-order valence-corrected chi connectivity index (χ4v) is 1.63. The highest BCUT2D eigenvalue weighted by Crippen LogP contribution is 2.23. The Morgan fingerprint density at radius 1 is 1.06 bits per heavy atom. The molecule has 0 radical (unpaired) electrons. The molecule has 0 saturated carbocycles. The van der Waals surface area contributed by atoms with Crippen LogP contribution in [0.3, 0.4) is 0 Å². The predicted octanol–water partition coefficient (Wildman–Crippen LogP) is 3.16. The van der Waals surface area contributed by atoms with E-state index in [4.69, 9.17) is 11.6 Å². The topological polar surface area (TPSA) is 44.3 Å². The largest absolute Gasteiger partial charge is 0.506 e. The number of phenols is 1. The highest BCUT2D eigenvalue weighted by Gasteiger charge is 1.99. The molecular weight excluding hydrogens is 236 g/mol. The molecule has 0 fully saturated rings. The Balaban J connectivity index is 1.88. The lowest BCUT2D eigenvalue weighted by Gasteiger charge is -2.08. The van der Waals surface area contributed by atoms with E-state index in [9.17, 15) is 5.11 Å². The van der Waals surface area contributed by atoms with Gasteiger partial charge in [-0.1, -0.05) is 35.9 Å². The van der Waals surface area contributed by atoms with Gasteiger partial charge in [-0.25, -0.2) is 5.43 Å². The minimum atomic E-state index is 0.103. The van der Waals surface area contributed by atoms with Crippen LogP contribution in [0.15, 0.2) is 48.5 Å². The van der Waals surface area contributed by atoms with Crippen LogP contribution >= 0.6 is 11.6 Å². The smallest absolute Gasteiger partial charge is 0.134 e. The van der Waals surface area contributed by atoms with E-state index in [1.54, 1.807) is 12.1 Å². The summed E-state index contributed by atoms with van der Waals surface area (Å²) >= 11 is 5.81. The van der Waals surface area contributed by atoms with Crippen LogP contribution in [0, 0.1) is 0 Å². The zero-order chi connectivity index (χ0) is 12.1. The molecule has 0 spiro atoms. The van der Waals surface area contributed by atoms with E-state index in [2.05, 4.69) is 10.9 Å². The summed E-state index contributed by atoms with van der Waals surface area (Å²) in [7, 11) is 0. The standard InChI is InChI=1S/C13H13ClN2O/c14-12-8-10(6-7-13(12)17)9-15-16-11-4-2-1-3-5-11/h1-8,15-17H,9H2. The molecule has 88 valence electrons. The SMILES string of the molecule is Oc1ccc(CNNc2ccccc2)cc1Cl. The number of hydrogen-bond donors (Lipinski definition) is 3.